The van der Waals surface area contributed by atoms with Gasteiger partial charge in [0.25, 0.3) is 0 Å². The molecule has 1 aromatic rings. The zero-order valence-corrected chi connectivity index (χ0v) is 11.5. The summed E-state index contributed by atoms with van der Waals surface area (Å²) in [6.45, 7) is 0.129. The summed E-state index contributed by atoms with van der Waals surface area (Å²) in [5.74, 6) is 0.330. The zero-order chi connectivity index (χ0) is 13.9. The van der Waals surface area contributed by atoms with Crippen molar-refractivity contribution >= 4 is 33.6 Å². The first-order valence-corrected chi connectivity index (χ1v) is 7.58. The number of carbonyl (C=O) groups is 2. The number of pyridine rings is 1. The number of nitrogens with zero attached hydrogens (tertiary/aromatic N) is 1. The molecule has 0 aliphatic carbocycles. The lowest BCUT2D eigenvalue weighted by Gasteiger charge is -2.04. The Bertz CT molecular complexity index is 405. The normalized spacial score (nSPS) is 9.89. The summed E-state index contributed by atoms with van der Waals surface area (Å²) in [6.07, 6.45) is 0.382. The van der Waals surface area contributed by atoms with Crippen molar-refractivity contribution in [3.05, 3.63) is 24.4 Å². The van der Waals surface area contributed by atoms with E-state index in [1.54, 1.807) is 22.5 Å². The molecule has 0 spiro atoms. The van der Waals surface area contributed by atoms with Crippen molar-refractivity contribution in [3.63, 3.8) is 0 Å². The van der Waals surface area contributed by atoms with Gasteiger partial charge in [-0.05, 0) is 22.9 Å². The summed E-state index contributed by atoms with van der Waals surface area (Å²) < 4.78 is 0. The van der Waals surface area contributed by atoms with E-state index in [1.165, 1.54) is 10.8 Å². The third kappa shape index (κ3) is 8.30. The molecule has 1 aromatic heterocycles. The first-order valence-electron chi connectivity index (χ1n) is 5.26. The first-order chi connectivity index (χ1) is 9.18. The van der Waals surface area contributed by atoms with Gasteiger partial charge in [-0.2, -0.15) is 5.48 Å². The standard InChI is InChI=1S/C10H13N3O4S2/c14-8(7-17-13-10(15)16)11-5-6-18-19-9-3-1-2-4-12-9/h1-4,13H,5-7H2,(H,11,14)(H,15,16). The van der Waals surface area contributed by atoms with Crippen molar-refractivity contribution in [2.24, 2.45) is 0 Å². The van der Waals surface area contributed by atoms with E-state index in [2.05, 4.69) is 15.1 Å². The average Bonchev–Trinajstić information content (AvgIpc) is 2.39. The van der Waals surface area contributed by atoms with Crippen LogP contribution in [0, 0.1) is 0 Å². The number of carboxylic acid groups (broad SMARTS) is 1. The molecule has 0 radical (unpaired) electrons. The lowest BCUT2D eigenvalue weighted by atomic mass is 10.5. The molecule has 3 N–H and O–H groups in total. The van der Waals surface area contributed by atoms with Crippen molar-refractivity contribution in [2.75, 3.05) is 18.9 Å². The third-order valence-electron chi connectivity index (χ3n) is 1.65. The minimum Gasteiger partial charge on any atom is -0.464 e. The van der Waals surface area contributed by atoms with Crippen LogP contribution in [0.5, 0.6) is 0 Å². The topological polar surface area (TPSA) is 101 Å². The van der Waals surface area contributed by atoms with Gasteiger partial charge in [-0.3, -0.25) is 9.63 Å². The smallest absolute Gasteiger partial charge is 0.428 e. The molecule has 0 aliphatic rings. The largest absolute Gasteiger partial charge is 0.464 e. The Morgan fingerprint density at radius 1 is 1.42 bits per heavy atom. The van der Waals surface area contributed by atoms with Crippen LogP contribution in [-0.2, 0) is 9.63 Å². The van der Waals surface area contributed by atoms with E-state index >= 15 is 0 Å². The molecule has 0 saturated heterocycles. The molecule has 1 heterocycles. The van der Waals surface area contributed by atoms with Gasteiger partial charge in [0.15, 0.2) is 6.61 Å². The summed E-state index contributed by atoms with van der Waals surface area (Å²) in [5.41, 5.74) is 1.64. The monoisotopic (exact) mass is 303 g/mol. The molecule has 0 fully saturated rings. The molecule has 0 bridgehead atoms. The van der Waals surface area contributed by atoms with E-state index in [4.69, 9.17) is 5.11 Å². The molecule has 0 aromatic carbocycles. The van der Waals surface area contributed by atoms with Gasteiger partial charge in [-0.15, -0.1) is 0 Å². The SMILES string of the molecule is O=C(O)NOCC(=O)NCCSSc1ccccn1. The molecule has 0 atom stereocenters. The van der Waals surface area contributed by atoms with Gasteiger partial charge in [0.05, 0.1) is 0 Å². The number of amides is 2. The van der Waals surface area contributed by atoms with E-state index in [9.17, 15) is 9.59 Å². The van der Waals surface area contributed by atoms with Gasteiger partial charge in [0.2, 0.25) is 5.91 Å². The first kappa shape index (κ1) is 15.6. The Balaban J connectivity index is 1.98. The molecule has 9 heteroatoms. The van der Waals surface area contributed by atoms with Gasteiger partial charge >= 0.3 is 6.09 Å². The second-order valence-electron chi connectivity index (χ2n) is 3.12. The fraction of sp³-hybridized carbons (Fsp3) is 0.300. The van der Waals surface area contributed by atoms with Gasteiger partial charge in [0, 0.05) is 18.5 Å². The van der Waals surface area contributed by atoms with E-state index in [0.29, 0.717) is 12.3 Å². The predicted octanol–water partition coefficient (Wildman–Crippen LogP) is 1.14. The number of nitrogens with one attached hydrogen (secondary N) is 2. The van der Waals surface area contributed by atoms with Gasteiger partial charge < -0.3 is 10.4 Å². The average molecular weight is 303 g/mol. The van der Waals surface area contributed by atoms with Crippen LogP contribution in [0.2, 0.25) is 0 Å². The maximum Gasteiger partial charge on any atom is 0.428 e. The van der Waals surface area contributed by atoms with E-state index in [1.807, 2.05) is 18.2 Å². The molecule has 7 nitrogen and oxygen atoms in total. The van der Waals surface area contributed by atoms with E-state index in [-0.39, 0.29) is 12.5 Å². The van der Waals surface area contributed by atoms with Crippen molar-refractivity contribution in [1.82, 2.24) is 15.8 Å². The Morgan fingerprint density at radius 2 is 2.26 bits per heavy atom. The molecule has 0 unspecified atom stereocenters. The van der Waals surface area contributed by atoms with Crippen molar-refractivity contribution in [1.29, 1.82) is 0 Å². The van der Waals surface area contributed by atoms with Crippen LogP contribution in [0.15, 0.2) is 29.4 Å². The van der Waals surface area contributed by atoms with Crippen LogP contribution in [-0.4, -0.2) is 41.0 Å². The maximum atomic E-state index is 11.2. The van der Waals surface area contributed by atoms with Crippen molar-refractivity contribution in [3.8, 4) is 0 Å². The Kier molecular flexibility index (Phi) is 7.78. The Hall–Kier alpha value is -1.45. The molecule has 104 valence electrons. The van der Waals surface area contributed by atoms with Crippen LogP contribution in [0.25, 0.3) is 0 Å². The number of carbonyl (C=O) groups excluding carboxylic acids is 1. The lowest BCUT2D eigenvalue weighted by molar-refractivity contribution is -0.127. The van der Waals surface area contributed by atoms with Crippen LogP contribution in [0.4, 0.5) is 4.79 Å². The molecule has 0 saturated carbocycles. The number of hydrogen-bond acceptors (Lipinski definition) is 6. The number of hydrogen-bond donors (Lipinski definition) is 3. The van der Waals surface area contributed by atoms with E-state index < -0.39 is 6.09 Å². The van der Waals surface area contributed by atoms with Crippen LogP contribution >= 0.6 is 21.6 Å². The quantitative estimate of drug-likeness (QED) is 0.376. The summed E-state index contributed by atoms with van der Waals surface area (Å²) in [7, 11) is 3.09. The maximum absolute atomic E-state index is 11.2. The van der Waals surface area contributed by atoms with Crippen molar-refractivity contribution < 1.29 is 19.5 Å². The molecule has 1 rings (SSSR count). The van der Waals surface area contributed by atoms with Crippen LogP contribution in [0.3, 0.4) is 0 Å². The highest BCUT2D eigenvalue weighted by Gasteiger charge is 2.02. The number of rotatable bonds is 8. The number of hydroxylamine groups is 1. The summed E-state index contributed by atoms with van der Waals surface area (Å²) in [5, 5.41) is 11.7. The lowest BCUT2D eigenvalue weighted by Crippen LogP contribution is -2.33. The number of aromatic nitrogens is 1. The van der Waals surface area contributed by atoms with Crippen LogP contribution < -0.4 is 10.8 Å². The predicted molar refractivity (Wildman–Crippen MR) is 72.7 cm³/mol. The molecule has 0 aliphatic heterocycles. The second-order valence-corrected chi connectivity index (χ2v) is 5.56. The highest BCUT2D eigenvalue weighted by molar-refractivity contribution is 8.76. The Morgan fingerprint density at radius 3 is 2.95 bits per heavy atom. The highest BCUT2D eigenvalue weighted by Crippen LogP contribution is 2.28. The Labute approximate surface area is 117 Å². The zero-order valence-electron chi connectivity index (χ0n) is 9.87. The van der Waals surface area contributed by atoms with Gasteiger partial charge in [-0.25, -0.2) is 9.78 Å². The fourth-order valence-electron chi connectivity index (χ4n) is 0.945. The van der Waals surface area contributed by atoms with Gasteiger partial charge in [-0.1, -0.05) is 16.9 Å². The minimum absolute atomic E-state index is 0.343. The van der Waals surface area contributed by atoms with Crippen molar-refractivity contribution in [2.45, 2.75) is 5.03 Å². The summed E-state index contributed by atoms with van der Waals surface area (Å²) >= 11 is 0. The minimum atomic E-state index is -1.34. The van der Waals surface area contributed by atoms with Gasteiger partial charge in [0.1, 0.15) is 5.03 Å². The fourth-order valence-corrected chi connectivity index (χ4v) is 2.73. The van der Waals surface area contributed by atoms with E-state index in [0.717, 1.165) is 5.03 Å². The molecular weight excluding hydrogens is 290 g/mol. The summed E-state index contributed by atoms with van der Waals surface area (Å²) in [6, 6.07) is 5.66. The molecular formula is C10H13N3O4S2. The summed E-state index contributed by atoms with van der Waals surface area (Å²) in [4.78, 5) is 29.7. The highest BCUT2D eigenvalue weighted by atomic mass is 33.1. The third-order valence-corrected chi connectivity index (χ3v) is 3.92. The van der Waals surface area contributed by atoms with Crippen LogP contribution in [0.1, 0.15) is 0 Å². The molecule has 2 amide bonds. The second kappa shape index (κ2) is 9.48. The molecule has 19 heavy (non-hydrogen) atoms.